The first kappa shape index (κ1) is 15.7. The van der Waals surface area contributed by atoms with E-state index in [0.717, 1.165) is 38.2 Å². The van der Waals surface area contributed by atoms with E-state index < -0.39 is 0 Å². The molecular formula is C15H22ClFN2O. The topological polar surface area (TPSA) is 24.5 Å². The maximum absolute atomic E-state index is 13.4. The van der Waals surface area contributed by atoms with Gasteiger partial charge in [0.05, 0.1) is 23.8 Å². The molecule has 1 aromatic carbocycles. The van der Waals surface area contributed by atoms with Crippen molar-refractivity contribution >= 4 is 11.6 Å². The number of likely N-dealkylation sites (N-methyl/N-ethyl adjacent to an activating group) is 1. The third-order valence-electron chi connectivity index (χ3n) is 3.66. The zero-order valence-electron chi connectivity index (χ0n) is 12.0. The maximum atomic E-state index is 13.4. The van der Waals surface area contributed by atoms with Crippen LogP contribution >= 0.6 is 11.6 Å². The van der Waals surface area contributed by atoms with Crippen LogP contribution in [0.25, 0.3) is 0 Å². The molecule has 0 saturated carbocycles. The fourth-order valence-electron chi connectivity index (χ4n) is 2.82. The Morgan fingerprint density at radius 1 is 1.50 bits per heavy atom. The van der Waals surface area contributed by atoms with Gasteiger partial charge in [-0.05, 0) is 37.7 Å². The summed E-state index contributed by atoms with van der Waals surface area (Å²) in [7, 11) is 1.91. The molecule has 0 amide bonds. The van der Waals surface area contributed by atoms with Crippen molar-refractivity contribution in [2.24, 2.45) is 0 Å². The fraction of sp³-hybridized carbons (Fsp3) is 0.600. The molecule has 1 aliphatic heterocycles. The first-order chi connectivity index (χ1) is 9.67. The first-order valence-electron chi connectivity index (χ1n) is 7.12. The van der Waals surface area contributed by atoms with Gasteiger partial charge < -0.3 is 10.1 Å². The quantitative estimate of drug-likeness (QED) is 0.905. The van der Waals surface area contributed by atoms with Crippen LogP contribution in [0.5, 0.6) is 0 Å². The molecule has 2 atom stereocenters. The van der Waals surface area contributed by atoms with E-state index in [9.17, 15) is 4.39 Å². The molecule has 1 aliphatic rings. The summed E-state index contributed by atoms with van der Waals surface area (Å²) in [4.78, 5) is 2.40. The van der Waals surface area contributed by atoms with Crippen LogP contribution in [0.2, 0.25) is 5.02 Å². The van der Waals surface area contributed by atoms with Gasteiger partial charge in [0, 0.05) is 13.1 Å². The molecule has 112 valence electrons. The molecule has 0 radical (unpaired) electrons. The normalized spacial score (nSPS) is 24.0. The monoisotopic (exact) mass is 300 g/mol. The lowest BCUT2D eigenvalue weighted by Crippen LogP contribution is -2.48. The Balaban J connectivity index is 2.29. The number of rotatable bonds is 5. The van der Waals surface area contributed by atoms with Crippen molar-refractivity contribution in [2.75, 3.05) is 33.3 Å². The number of benzene rings is 1. The highest BCUT2D eigenvalue weighted by atomic mass is 35.5. The second-order valence-electron chi connectivity index (χ2n) is 5.12. The molecule has 0 aliphatic carbocycles. The molecule has 0 aromatic heterocycles. The van der Waals surface area contributed by atoms with Crippen LogP contribution in [0, 0.1) is 5.82 Å². The largest absolute Gasteiger partial charge is 0.374 e. The van der Waals surface area contributed by atoms with E-state index in [2.05, 4.69) is 17.1 Å². The van der Waals surface area contributed by atoms with Gasteiger partial charge in [0.2, 0.25) is 0 Å². The van der Waals surface area contributed by atoms with Gasteiger partial charge >= 0.3 is 0 Å². The van der Waals surface area contributed by atoms with Crippen LogP contribution < -0.4 is 5.32 Å². The third-order valence-corrected chi connectivity index (χ3v) is 3.95. The van der Waals surface area contributed by atoms with Gasteiger partial charge in [0.1, 0.15) is 5.82 Å². The molecule has 20 heavy (non-hydrogen) atoms. The van der Waals surface area contributed by atoms with Crippen molar-refractivity contribution in [3.05, 3.63) is 34.6 Å². The Labute approximate surface area is 125 Å². The lowest BCUT2D eigenvalue weighted by Gasteiger charge is -2.41. The molecule has 1 saturated heterocycles. The molecule has 1 N–H and O–H groups in total. The van der Waals surface area contributed by atoms with Crippen molar-refractivity contribution < 1.29 is 9.13 Å². The minimum Gasteiger partial charge on any atom is -0.374 e. The highest BCUT2D eigenvalue weighted by molar-refractivity contribution is 6.30. The van der Waals surface area contributed by atoms with E-state index in [1.54, 1.807) is 6.07 Å². The summed E-state index contributed by atoms with van der Waals surface area (Å²) in [6, 6.07) is 5.09. The summed E-state index contributed by atoms with van der Waals surface area (Å²) in [6.07, 6.45) is 1.14. The molecular weight excluding hydrogens is 279 g/mol. The van der Waals surface area contributed by atoms with Crippen LogP contribution in [-0.4, -0.2) is 44.3 Å². The van der Waals surface area contributed by atoms with Crippen molar-refractivity contribution in [1.82, 2.24) is 10.2 Å². The number of morpholine rings is 1. The second kappa shape index (κ2) is 7.36. The average Bonchev–Trinajstić information content (AvgIpc) is 2.43. The Bertz CT molecular complexity index is 426. The number of halogens is 2. The van der Waals surface area contributed by atoms with Crippen molar-refractivity contribution in [2.45, 2.75) is 25.5 Å². The SMILES string of the molecule is CCCN1CCOC(CNC)C1c1ccc(F)c(Cl)c1. The molecule has 0 spiro atoms. The minimum absolute atomic E-state index is 0.0572. The molecule has 2 rings (SSSR count). The summed E-state index contributed by atoms with van der Waals surface area (Å²) in [6.45, 7) is 5.56. The molecule has 5 heteroatoms. The van der Waals surface area contributed by atoms with E-state index >= 15 is 0 Å². The first-order valence-corrected chi connectivity index (χ1v) is 7.50. The van der Waals surface area contributed by atoms with Crippen LogP contribution in [0.1, 0.15) is 24.9 Å². The zero-order valence-corrected chi connectivity index (χ0v) is 12.8. The van der Waals surface area contributed by atoms with Crippen molar-refractivity contribution in [3.8, 4) is 0 Å². The van der Waals surface area contributed by atoms with Gasteiger partial charge in [-0.2, -0.15) is 0 Å². The van der Waals surface area contributed by atoms with Gasteiger partial charge in [-0.15, -0.1) is 0 Å². The highest BCUT2D eigenvalue weighted by Gasteiger charge is 2.32. The van der Waals surface area contributed by atoms with Crippen LogP contribution in [-0.2, 0) is 4.74 Å². The van der Waals surface area contributed by atoms with Gasteiger partial charge in [-0.3, -0.25) is 4.90 Å². The minimum atomic E-state index is -0.376. The second-order valence-corrected chi connectivity index (χ2v) is 5.53. The predicted molar refractivity (Wildman–Crippen MR) is 79.7 cm³/mol. The van der Waals surface area contributed by atoms with Crippen molar-refractivity contribution in [1.29, 1.82) is 0 Å². The summed E-state index contributed by atoms with van der Waals surface area (Å²) >= 11 is 5.93. The van der Waals surface area contributed by atoms with Gasteiger partial charge in [-0.25, -0.2) is 4.39 Å². The molecule has 1 heterocycles. The van der Waals surface area contributed by atoms with Crippen LogP contribution in [0.4, 0.5) is 4.39 Å². The Hall–Kier alpha value is -0.680. The van der Waals surface area contributed by atoms with Gasteiger partial charge in [0.25, 0.3) is 0 Å². The Morgan fingerprint density at radius 3 is 2.95 bits per heavy atom. The highest BCUT2D eigenvalue weighted by Crippen LogP contribution is 2.31. The lowest BCUT2D eigenvalue weighted by atomic mass is 9.97. The van der Waals surface area contributed by atoms with E-state index in [0.29, 0.717) is 0 Å². The molecule has 0 bridgehead atoms. The third kappa shape index (κ3) is 3.50. The van der Waals surface area contributed by atoms with Crippen molar-refractivity contribution in [3.63, 3.8) is 0 Å². The summed E-state index contributed by atoms with van der Waals surface area (Å²) in [5, 5.41) is 3.34. The number of ether oxygens (including phenoxy) is 1. The summed E-state index contributed by atoms with van der Waals surface area (Å²) < 4.78 is 19.3. The predicted octanol–water partition coefficient (Wildman–Crippen LogP) is 2.85. The number of hydrogen-bond acceptors (Lipinski definition) is 3. The van der Waals surface area contributed by atoms with Gasteiger partial charge in [-0.1, -0.05) is 24.6 Å². The number of hydrogen-bond donors (Lipinski definition) is 1. The maximum Gasteiger partial charge on any atom is 0.141 e. The van der Waals surface area contributed by atoms with Gasteiger partial charge in [0.15, 0.2) is 0 Å². The molecule has 2 unspecified atom stereocenters. The molecule has 1 fully saturated rings. The Morgan fingerprint density at radius 2 is 2.30 bits per heavy atom. The van der Waals surface area contributed by atoms with E-state index in [1.807, 2.05) is 13.1 Å². The lowest BCUT2D eigenvalue weighted by molar-refractivity contribution is -0.0704. The number of nitrogens with zero attached hydrogens (tertiary/aromatic N) is 1. The summed E-state index contributed by atoms with van der Waals surface area (Å²) in [5.41, 5.74) is 1.02. The van der Waals surface area contributed by atoms with Crippen LogP contribution in [0.3, 0.4) is 0 Å². The zero-order chi connectivity index (χ0) is 14.5. The van der Waals surface area contributed by atoms with E-state index in [4.69, 9.17) is 16.3 Å². The smallest absolute Gasteiger partial charge is 0.141 e. The average molecular weight is 301 g/mol. The fourth-order valence-corrected chi connectivity index (χ4v) is 3.01. The molecule has 1 aromatic rings. The molecule has 3 nitrogen and oxygen atoms in total. The number of nitrogens with one attached hydrogen (secondary N) is 1. The Kier molecular flexibility index (Phi) is 5.78. The van der Waals surface area contributed by atoms with E-state index in [-0.39, 0.29) is 23.0 Å². The summed E-state index contributed by atoms with van der Waals surface area (Å²) in [5.74, 6) is -0.376. The van der Waals surface area contributed by atoms with E-state index in [1.165, 1.54) is 6.07 Å². The van der Waals surface area contributed by atoms with Crippen LogP contribution in [0.15, 0.2) is 18.2 Å². The standard InChI is InChI=1S/C15H22ClFN2O/c1-3-6-19-7-8-20-14(10-18-2)15(19)11-4-5-13(17)12(16)9-11/h4-5,9,14-15,18H,3,6-8,10H2,1-2H3.